The van der Waals surface area contributed by atoms with Gasteiger partial charge in [0.25, 0.3) is 5.91 Å². The first-order valence-electron chi connectivity index (χ1n) is 4.98. The first-order valence-corrected chi connectivity index (χ1v) is 4.98. The molecular weight excluding hydrogens is 212 g/mol. The smallest absolute Gasteiger partial charge is 0.325 e. The average Bonchev–Trinajstić information content (AvgIpc) is 2.46. The van der Waals surface area contributed by atoms with Crippen molar-refractivity contribution in [2.75, 3.05) is 13.2 Å². The van der Waals surface area contributed by atoms with Crippen LogP contribution in [0, 0.1) is 0 Å². The van der Waals surface area contributed by atoms with E-state index in [1.807, 2.05) is 0 Å². The van der Waals surface area contributed by atoms with Crippen molar-refractivity contribution in [3.63, 3.8) is 0 Å². The number of carbonyl (C=O) groups excluding carboxylic acids is 3. The van der Waals surface area contributed by atoms with Gasteiger partial charge in [-0.1, -0.05) is 6.08 Å². The second kappa shape index (κ2) is 5.29. The Hall–Kier alpha value is -1.85. The van der Waals surface area contributed by atoms with Gasteiger partial charge in [0, 0.05) is 6.54 Å². The maximum absolute atomic E-state index is 11.4. The number of esters is 1. The fraction of sp³-hybridized carbons (Fsp3) is 0.500. The normalized spacial score (nSPS) is 19.6. The van der Waals surface area contributed by atoms with Crippen molar-refractivity contribution in [2.24, 2.45) is 0 Å². The highest BCUT2D eigenvalue weighted by molar-refractivity contribution is 6.05. The Labute approximate surface area is 93.2 Å². The standard InChI is InChI=1S/C10H14N2O4/c1-3-5-12-7(6-8(13)16-4-2)9(14)11-10(12)15/h3,7H,1,4-6H2,2H3,(H,11,14,15). The molecule has 1 aliphatic heterocycles. The number of urea groups is 1. The van der Waals surface area contributed by atoms with Crippen LogP contribution in [0.15, 0.2) is 12.7 Å². The fourth-order valence-corrected chi connectivity index (χ4v) is 1.47. The van der Waals surface area contributed by atoms with E-state index in [1.54, 1.807) is 6.92 Å². The predicted molar refractivity (Wildman–Crippen MR) is 55.5 cm³/mol. The van der Waals surface area contributed by atoms with Crippen molar-refractivity contribution in [3.05, 3.63) is 12.7 Å². The van der Waals surface area contributed by atoms with E-state index < -0.39 is 23.9 Å². The molecule has 1 aliphatic rings. The summed E-state index contributed by atoms with van der Waals surface area (Å²) in [4.78, 5) is 35.2. The molecule has 0 aliphatic carbocycles. The van der Waals surface area contributed by atoms with Crippen LogP contribution in [0.2, 0.25) is 0 Å². The minimum Gasteiger partial charge on any atom is -0.466 e. The monoisotopic (exact) mass is 226 g/mol. The highest BCUT2D eigenvalue weighted by Gasteiger charge is 2.39. The molecule has 1 saturated heterocycles. The lowest BCUT2D eigenvalue weighted by Crippen LogP contribution is -2.37. The van der Waals surface area contributed by atoms with Gasteiger partial charge in [-0.15, -0.1) is 6.58 Å². The SMILES string of the molecule is C=CCN1C(=O)NC(=O)C1CC(=O)OCC. The van der Waals surface area contributed by atoms with E-state index in [9.17, 15) is 14.4 Å². The topological polar surface area (TPSA) is 75.7 Å². The number of hydrogen-bond acceptors (Lipinski definition) is 4. The van der Waals surface area contributed by atoms with E-state index in [1.165, 1.54) is 11.0 Å². The van der Waals surface area contributed by atoms with Crippen LogP contribution < -0.4 is 5.32 Å². The van der Waals surface area contributed by atoms with E-state index >= 15 is 0 Å². The molecule has 0 bridgehead atoms. The van der Waals surface area contributed by atoms with E-state index in [0.29, 0.717) is 0 Å². The van der Waals surface area contributed by atoms with Crippen molar-refractivity contribution < 1.29 is 19.1 Å². The molecule has 88 valence electrons. The van der Waals surface area contributed by atoms with Crippen molar-refractivity contribution in [3.8, 4) is 0 Å². The van der Waals surface area contributed by atoms with Gasteiger partial charge in [0.2, 0.25) is 0 Å². The van der Waals surface area contributed by atoms with Crippen LogP contribution in [0.25, 0.3) is 0 Å². The molecule has 0 radical (unpaired) electrons. The van der Waals surface area contributed by atoms with Gasteiger partial charge in [-0.05, 0) is 6.92 Å². The van der Waals surface area contributed by atoms with Crippen LogP contribution in [0.5, 0.6) is 0 Å². The van der Waals surface area contributed by atoms with Crippen LogP contribution in [-0.2, 0) is 14.3 Å². The number of ether oxygens (including phenoxy) is 1. The Bertz CT molecular complexity index is 327. The minimum absolute atomic E-state index is 0.126. The van der Waals surface area contributed by atoms with Crippen LogP contribution >= 0.6 is 0 Å². The van der Waals surface area contributed by atoms with Crippen molar-refractivity contribution in [1.29, 1.82) is 0 Å². The minimum atomic E-state index is -0.787. The largest absolute Gasteiger partial charge is 0.466 e. The zero-order valence-corrected chi connectivity index (χ0v) is 9.06. The number of imide groups is 1. The Kier molecular flexibility index (Phi) is 4.04. The molecule has 6 heteroatoms. The lowest BCUT2D eigenvalue weighted by molar-refractivity contribution is -0.145. The summed E-state index contributed by atoms with van der Waals surface area (Å²) in [6.07, 6.45) is 1.37. The summed E-state index contributed by atoms with van der Waals surface area (Å²) in [7, 11) is 0. The maximum Gasteiger partial charge on any atom is 0.325 e. The fourth-order valence-electron chi connectivity index (χ4n) is 1.47. The number of nitrogens with one attached hydrogen (secondary N) is 1. The van der Waals surface area contributed by atoms with Crippen LogP contribution in [-0.4, -0.2) is 42.0 Å². The van der Waals surface area contributed by atoms with Gasteiger partial charge in [-0.3, -0.25) is 14.9 Å². The Morgan fingerprint density at radius 3 is 2.88 bits per heavy atom. The molecule has 0 aromatic heterocycles. The van der Waals surface area contributed by atoms with E-state index in [4.69, 9.17) is 4.74 Å². The second-order valence-electron chi connectivity index (χ2n) is 3.26. The van der Waals surface area contributed by atoms with Gasteiger partial charge in [-0.2, -0.15) is 0 Å². The summed E-state index contributed by atoms with van der Waals surface area (Å²) in [5.41, 5.74) is 0. The molecular formula is C10H14N2O4. The van der Waals surface area contributed by atoms with Crippen molar-refractivity contribution in [1.82, 2.24) is 10.2 Å². The summed E-state index contributed by atoms with van der Waals surface area (Å²) < 4.78 is 4.73. The third-order valence-corrected chi connectivity index (χ3v) is 2.16. The highest BCUT2D eigenvalue weighted by Crippen LogP contribution is 2.12. The Morgan fingerprint density at radius 2 is 2.31 bits per heavy atom. The van der Waals surface area contributed by atoms with Gasteiger partial charge in [-0.25, -0.2) is 4.79 Å². The first kappa shape index (κ1) is 12.2. The third kappa shape index (κ3) is 2.59. The van der Waals surface area contributed by atoms with Gasteiger partial charge in [0.1, 0.15) is 6.04 Å². The number of amides is 3. The van der Waals surface area contributed by atoms with E-state index in [-0.39, 0.29) is 19.6 Å². The van der Waals surface area contributed by atoms with Gasteiger partial charge >= 0.3 is 12.0 Å². The highest BCUT2D eigenvalue weighted by atomic mass is 16.5. The summed E-state index contributed by atoms with van der Waals surface area (Å²) in [5, 5.41) is 2.14. The molecule has 0 spiro atoms. The zero-order chi connectivity index (χ0) is 12.1. The van der Waals surface area contributed by atoms with Gasteiger partial charge in [0.05, 0.1) is 13.0 Å². The van der Waals surface area contributed by atoms with Gasteiger partial charge < -0.3 is 9.64 Å². The average molecular weight is 226 g/mol. The molecule has 0 saturated carbocycles. The van der Waals surface area contributed by atoms with Gasteiger partial charge in [0.15, 0.2) is 0 Å². The summed E-state index contributed by atoms with van der Waals surface area (Å²) in [6, 6.07) is -1.29. The van der Waals surface area contributed by atoms with Crippen molar-refractivity contribution >= 4 is 17.9 Å². The number of rotatable bonds is 5. The quantitative estimate of drug-likeness (QED) is 0.408. The third-order valence-electron chi connectivity index (χ3n) is 2.16. The molecule has 16 heavy (non-hydrogen) atoms. The Balaban J connectivity index is 2.67. The zero-order valence-electron chi connectivity index (χ0n) is 9.06. The summed E-state index contributed by atoms with van der Waals surface area (Å²) >= 11 is 0. The van der Waals surface area contributed by atoms with Crippen LogP contribution in [0.1, 0.15) is 13.3 Å². The summed E-state index contributed by atoms with van der Waals surface area (Å²) in [6.45, 7) is 5.64. The first-order chi connectivity index (χ1) is 7.60. The molecule has 1 heterocycles. The lowest BCUT2D eigenvalue weighted by Gasteiger charge is -2.18. The molecule has 6 nitrogen and oxygen atoms in total. The van der Waals surface area contributed by atoms with Crippen molar-refractivity contribution in [2.45, 2.75) is 19.4 Å². The molecule has 1 N–H and O–H groups in total. The Morgan fingerprint density at radius 1 is 1.62 bits per heavy atom. The molecule has 0 aromatic carbocycles. The lowest BCUT2D eigenvalue weighted by atomic mass is 10.2. The molecule has 0 aromatic rings. The molecule has 1 atom stereocenters. The molecule has 1 unspecified atom stereocenters. The van der Waals surface area contributed by atoms with E-state index in [0.717, 1.165) is 0 Å². The molecule has 1 fully saturated rings. The van der Waals surface area contributed by atoms with Crippen LogP contribution in [0.3, 0.4) is 0 Å². The predicted octanol–water partition coefficient (Wildman–Crippen LogP) is 0.0460. The molecule has 1 rings (SSSR count). The maximum atomic E-state index is 11.4. The number of nitrogens with zero attached hydrogens (tertiary/aromatic N) is 1. The number of hydrogen-bond donors (Lipinski definition) is 1. The van der Waals surface area contributed by atoms with Crippen LogP contribution in [0.4, 0.5) is 4.79 Å². The number of carbonyl (C=O) groups is 3. The van der Waals surface area contributed by atoms with E-state index in [2.05, 4.69) is 11.9 Å². The second-order valence-corrected chi connectivity index (χ2v) is 3.26. The summed E-state index contributed by atoms with van der Waals surface area (Å²) in [5.74, 6) is -0.966. The molecule has 3 amide bonds.